The lowest BCUT2D eigenvalue weighted by Gasteiger charge is -2.05. The van der Waals surface area contributed by atoms with E-state index in [1.807, 2.05) is 0 Å². The molecule has 0 unspecified atom stereocenters. The van der Waals surface area contributed by atoms with Crippen LogP contribution in [-0.2, 0) is 4.74 Å². The van der Waals surface area contributed by atoms with E-state index in [9.17, 15) is 0 Å². The average Bonchev–Trinajstić information content (AvgIpc) is 3.18. The number of rotatable bonds is 51. The molecule has 0 saturated heterocycles. The van der Waals surface area contributed by atoms with Crippen LogP contribution in [0.5, 0.6) is 0 Å². The molecule has 0 aromatic carbocycles. The Bertz CT molecular complexity index is 553. The highest BCUT2D eigenvalue weighted by Crippen LogP contribution is 2.18. The predicted molar refractivity (Wildman–Crippen MR) is 245 cm³/mol. The third kappa shape index (κ3) is 51.9. The minimum Gasteiger partial charge on any atom is -0.394 e. The summed E-state index contributed by atoms with van der Waals surface area (Å²) >= 11 is 0. The fourth-order valence-corrected chi connectivity index (χ4v) is 8.58. The van der Waals surface area contributed by atoms with Gasteiger partial charge in [-0.3, -0.25) is 0 Å². The number of aliphatic hydroxyl groups excluding tert-OH is 1. The van der Waals surface area contributed by atoms with Gasteiger partial charge in [0.1, 0.15) is 0 Å². The summed E-state index contributed by atoms with van der Waals surface area (Å²) in [7, 11) is 0. The zero-order valence-corrected chi connectivity index (χ0v) is 37.9. The van der Waals surface area contributed by atoms with Crippen LogP contribution in [0.3, 0.4) is 0 Å². The van der Waals surface area contributed by atoms with E-state index in [0.717, 1.165) is 13.0 Å². The third-order valence-electron chi connectivity index (χ3n) is 12.4. The molecule has 2 nitrogen and oxygen atoms in total. The van der Waals surface area contributed by atoms with Crippen LogP contribution in [0.4, 0.5) is 0 Å². The summed E-state index contributed by atoms with van der Waals surface area (Å²) in [6.07, 6.45) is 70.2. The van der Waals surface area contributed by atoms with E-state index in [4.69, 9.17) is 9.84 Å². The second-order valence-corrected chi connectivity index (χ2v) is 18.0. The lowest BCUT2D eigenvalue weighted by molar-refractivity contribution is 0.0895. The molecule has 0 aromatic rings. The molecule has 0 aliphatic heterocycles. The molecule has 0 bridgehead atoms. The molecule has 0 spiro atoms. The molecule has 326 valence electrons. The summed E-state index contributed by atoms with van der Waals surface area (Å²) < 4.78 is 5.32. The van der Waals surface area contributed by atoms with Gasteiger partial charge >= 0.3 is 0 Å². The van der Waals surface area contributed by atoms with Crippen LogP contribution in [0.25, 0.3) is 0 Å². The van der Waals surface area contributed by atoms with Crippen molar-refractivity contribution in [3.63, 3.8) is 0 Å². The first-order valence-electron chi connectivity index (χ1n) is 26.1. The Morgan fingerprint density at radius 1 is 0.204 bits per heavy atom. The molecule has 0 heterocycles. The van der Waals surface area contributed by atoms with Crippen LogP contribution >= 0.6 is 0 Å². The van der Waals surface area contributed by atoms with E-state index in [2.05, 4.69) is 6.92 Å². The van der Waals surface area contributed by atoms with Gasteiger partial charge in [-0.2, -0.15) is 0 Å². The second kappa shape index (κ2) is 52.9. The van der Waals surface area contributed by atoms with Gasteiger partial charge in [0.25, 0.3) is 0 Å². The van der Waals surface area contributed by atoms with Crippen molar-refractivity contribution in [1.29, 1.82) is 0 Å². The van der Waals surface area contributed by atoms with Crippen molar-refractivity contribution < 1.29 is 9.84 Å². The van der Waals surface area contributed by atoms with Crippen LogP contribution < -0.4 is 0 Å². The van der Waals surface area contributed by atoms with Crippen molar-refractivity contribution in [2.24, 2.45) is 0 Å². The standard InChI is InChI=1S/C52H106O2/c1-2-3-4-5-6-7-8-9-10-11-12-13-14-15-16-17-18-19-20-21-22-23-24-25-26-27-28-29-30-31-32-33-34-35-36-37-38-39-40-41-42-43-44-45-46-47-48-49-51-54-52-50-53/h53H,2-52H2,1H3. The first-order valence-corrected chi connectivity index (χ1v) is 26.1. The fourth-order valence-electron chi connectivity index (χ4n) is 8.58. The van der Waals surface area contributed by atoms with Gasteiger partial charge in [0.05, 0.1) is 13.2 Å². The fraction of sp³-hybridized carbons (Fsp3) is 1.00. The first-order chi connectivity index (χ1) is 26.9. The molecular formula is C52H106O2. The molecule has 0 saturated carbocycles. The molecule has 0 fully saturated rings. The van der Waals surface area contributed by atoms with E-state index < -0.39 is 0 Å². The smallest absolute Gasteiger partial charge is 0.0697 e. The Labute approximate surface area is 343 Å². The van der Waals surface area contributed by atoms with Crippen molar-refractivity contribution in [2.45, 2.75) is 315 Å². The van der Waals surface area contributed by atoms with E-state index in [1.54, 1.807) is 0 Å². The summed E-state index contributed by atoms with van der Waals surface area (Å²) in [4.78, 5) is 0. The Kier molecular flexibility index (Phi) is 52.8. The monoisotopic (exact) mass is 763 g/mol. The van der Waals surface area contributed by atoms with Gasteiger partial charge in [0.15, 0.2) is 0 Å². The molecule has 0 aliphatic carbocycles. The second-order valence-electron chi connectivity index (χ2n) is 18.0. The topological polar surface area (TPSA) is 29.5 Å². The number of ether oxygens (including phenoxy) is 1. The maximum Gasteiger partial charge on any atom is 0.0697 e. The van der Waals surface area contributed by atoms with Crippen molar-refractivity contribution >= 4 is 0 Å². The number of hydrogen-bond donors (Lipinski definition) is 1. The van der Waals surface area contributed by atoms with Gasteiger partial charge in [-0.1, -0.05) is 309 Å². The Balaban J connectivity index is 3.05. The van der Waals surface area contributed by atoms with E-state index in [-0.39, 0.29) is 6.61 Å². The average molecular weight is 763 g/mol. The van der Waals surface area contributed by atoms with E-state index in [0.29, 0.717) is 6.61 Å². The lowest BCUT2D eigenvalue weighted by atomic mass is 10.0. The zero-order valence-electron chi connectivity index (χ0n) is 37.9. The van der Waals surface area contributed by atoms with Crippen molar-refractivity contribution in [2.75, 3.05) is 19.8 Å². The molecule has 0 rings (SSSR count). The van der Waals surface area contributed by atoms with Gasteiger partial charge in [-0.25, -0.2) is 0 Å². The van der Waals surface area contributed by atoms with Crippen molar-refractivity contribution in [3.05, 3.63) is 0 Å². The van der Waals surface area contributed by atoms with Crippen LogP contribution in [0.15, 0.2) is 0 Å². The summed E-state index contributed by atoms with van der Waals surface area (Å²) in [6.45, 7) is 3.78. The molecule has 0 atom stereocenters. The first kappa shape index (κ1) is 53.9. The summed E-state index contributed by atoms with van der Waals surface area (Å²) in [5.41, 5.74) is 0. The number of unbranched alkanes of at least 4 members (excludes halogenated alkanes) is 47. The normalized spacial score (nSPS) is 11.7. The van der Waals surface area contributed by atoms with Crippen molar-refractivity contribution in [1.82, 2.24) is 0 Å². The zero-order chi connectivity index (χ0) is 38.8. The highest BCUT2D eigenvalue weighted by Gasteiger charge is 1.99. The summed E-state index contributed by atoms with van der Waals surface area (Å²) in [5.74, 6) is 0. The van der Waals surface area contributed by atoms with Gasteiger partial charge in [0.2, 0.25) is 0 Å². The molecule has 0 aromatic heterocycles. The van der Waals surface area contributed by atoms with Gasteiger partial charge in [-0.05, 0) is 6.42 Å². The van der Waals surface area contributed by atoms with Crippen LogP contribution in [0, 0.1) is 0 Å². The van der Waals surface area contributed by atoms with E-state index in [1.165, 1.54) is 302 Å². The maximum atomic E-state index is 8.69. The Morgan fingerprint density at radius 2 is 0.352 bits per heavy atom. The minimum absolute atomic E-state index is 0.153. The predicted octanol–water partition coefficient (Wildman–Crippen LogP) is 18.7. The van der Waals surface area contributed by atoms with Gasteiger partial charge < -0.3 is 9.84 Å². The van der Waals surface area contributed by atoms with Crippen LogP contribution in [0.2, 0.25) is 0 Å². The SMILES string of the molecule is CCCCCCCCCCCCCCCCCCCCCCCCCCCCCCCCCCCCCCCCCCCCCCCCCCOCCO. The molecule has 0 aliphatic rings. The molecule has 54 heavy (non-hydrogen) atoms. The van der Waals surface area contributed by atoms with Gasteiger partial charge in [-0.15, -0.1) is 0 Å². The third-order valence-corrected chi connectivity index (χ3v) is 12.4. The molecule has 2 heteroatoms. The Morgan fingerprint density at radius 3 is 0.500 bits per heavy atom. The summed E-state index contributed by atoms with van der Waals surface area (Å²) in [6, 6.07) is 0. The van der Waals surface area contributed by atoms with Crippen molar-refractivity contribution in [3.8, 4) is 0 Å². The van der Waals surface area contributed by atoms with Crippen LogP contribution in [-0.4, -0.2) is 24.9 Å². The minimum atomic E-state index is 0.153. The number of hydrogen-bond acceptors (Lipinski definition) is 2. The molecular weight excluding hydrogens is 657 g/mol. The quantitative estimate of drug-likeness (QED) is 0.0626. The highest BCUT2D eigenvalue weighted by molar-refractivity contribution is 4.54. The van der Waals surface area contributed by atoms with Crippen LogP contribution in [0.1, 0.15) is 315 Å². The van der Waals surface area contributed by atoms with E-state index >= 15 is 0 Å². The number of aliphatic hydroxyl groups is 1. The summed E-state index contributed by atoms with van der Waals surface area (Å²) in [5, 5.41) is 8.69. The Hall–Kier alpha value is -0.0800. The maximum absolute atomic E-state index is 8.69. The highest BCUT2D eigenvalue weighted by atomic mass is 16.5. The van der Waals surface area contributed by atoms with Gasteiger partial charge in [0, 0.05) is 6.61 Å². The molecule has 1 N–H and O–H groups in total. The molecule has 0 radical (unpaired) electrons. The lowest BCUT2D eigenvalue weighted by Crippen LogP contribution is -2.00. The largest absolute Gasteiger partial charge is 0.394 e. The molecule has 0 amide bonds.